The fraction of sp³-hybridized carbons (Fsp3) is 0.160. The summed E-state index contributed by atoms with van der Waals surface area (Å²) in [5.41, 5.74) is 2.50. The number of amides is 1. The van der Waals surface area contributed by atoms with Crippen LogP contribution in [0.25, 0.3) is 5.69 Å². The molecule has 0 atom stereocenters. The lowest BCUT2D eigenvalue weighted by Crippen LogP contribution is -2.15. The molecule has 35 heavy (non-hydrogen) atoms. The van der Waals surface area contributed by atoms with Gasteiger partial charge in [0.2, 0.25) is 5.91 Å². The molecule has 0 spiro atoms. The second-order valence-electron chi connectivity index (χ2n) is 7.53. The summed E-state index contributed by atoms with van der Waals surface area (Å²) in [5, 5.41) is 12.9. The van der Waals surface area contributed by atoms with E-state index < -0.39 is 0 Å². The third-order valence-corrected chi connectivity index (χ3v) is 6.26. The van der Waals surface area contributed by atoms with E-state index in [0.29, 0.717) is 26.7 Å². The molecule has 0 saturated carbocycles. The van der Waals surface area contributed by atoms with Gasteiger partial charge in [0.15, 0.2) is 11.0 Å². The number of methoxy groups -OCH3 is 1. The van der Waals surface area contributed by atoms with Gasteiger partial charge in [0, 0.05) is 21.4 Å². The van der Waals surface area contributed by atoms with Gasteiger partial charge in [0.25, 0.3) is 0 Å². The second kappa shape index (κ2) is 11.5. The number of aromatic nitrogens is 3. The van der Waals surface area contributed by atoms with Crippen LogP contribution in [0.2, 0.25) is 10.0 Å². The molecule has 1 amide bonds. The maximum Gasteiger partial charge on any atom is 0.234 e. The Morgan fingerprint density at radius 3 is 2.29 bits per heavy atom. The largest absolute Gasteiger partial charge is 0.497 e. The molecule has 0 aliphatic rings. The first-order valence-corrected chi connectivity index (χ1v) is 12.3. The number of hydrogen-bond acceptors (Lipinski definition) is 6. The lowest BCUT2D eigenvalue weighted by Gasteiger charge is -2.12. The van der Waals surface area contributed by atoms with Gasteiger partial charge in [-0.2, -0.15) is 0 Å². The molecule has 4 rings (SSSR count). The maximum atomic E-state index is 12.6. The minimum Gasteiger partial charge on any atom is -0.497 e. The van der Waals surface area contributed by atoms with E-state index in [1.54, 1.807) is 25.3 Å². The highest BCUT2D eigenvalue weighted by atomic mass is 35.5. The van der Waals surface area contributed by atoms with Crippen LogP contribution >= 0.6 is 35.0 Å². The normalized spacial score (nSPS) is 10.7. The maximum absolute atomic E-state index is 12.6. The summed E-state index contributed by atoms with van der Waals surface area (Å²) >= 11 is 13.3. The molecule has 1 heterocycles. The highest BCUT2D eigenvalue weighted by Gasteiger charge is 2.17. The SMILES string of the molecule is COc1ccc(-n2c(COc3ccc(C)cc3)nnc2SCC(=O)Nc2cc(Cl)cc(Cl)c2)cc1. The summed E-state index contributed by atoms with van der Waals surface area (Å²) in [6.45, 7) is 2.22. The first-order chi connectivity index (χ1) is 16.9. The minimum atomic E-state index is -0.227. The Hall–Kier alpha value is -3.20. The predicted octanol–water partition coefficient (Wildman–Crippen LogP) is 6.20. The number of ether oxygens (including phenoxy) is 2. The predicted molar refractivity (Wildman–Crippen MR) is 139 cm³/mol. The van der Waals surface area contributed by atoms with Crippen molar-refractivity contribution in [2.24, 2.45) is 0 Å². The van der Waals surface area contributed by atoms with Gasteiger partial charge in [-0.05, 0) is 61.5 Å². The molecular formula is C25H22Cl2N4O3S. The highest BCUT2D eigenvalue weighted by Crippen LogP contribution is 2.26. The fourth-order valence-electron chi connectivity index (χ4n) is 3.21. The van der Waals surface area contributed by atoms with E-state index in [1.165, 1.54) is 11.8 Å². The van der Waals surface area contributed by atoms with Crippen LogP contribution in [0.5, 0.6) is 11.5 Å². The number of thioether (sulfide) groups is 1. The summed E-state index contributed by atoms with van der Waals surface area (Å²) in [6.07, 6.45) is 0. The van der Waals surface area contributed by atoms with Gasteiger partial charge < -0.3 is 14.8 Å². The fourth-order valence-corrected chi connectivity index (χ4v) is 4.51. The Morgan fingerprint density at radius 1 is 0.971 bits per heavy atom. The molecular weight excluding hydrogens is 507 g/mol. The number of halogens is 2. The van der Waals surface area contributed by atoms with Crippen LogP contribution in [0.1, 0.15) is 11.4 Å². The van der Waals surface area contributed by atoms with Crippen molar-refractivity contribution in [3.63, 3.8) is 0 Å². The topological polar surface area (TPSA) is 78.3 Å². The summed E-state index contributed by atoms with van der Waals surface area (Å²) < 4.78 is 13.1. The summed E-state index contributed by atoms with van der Waals surface area (Å²) in [4.78, 5) is 12.6. The van der Waals surface area contributed by atoms with E-state index >= 15 is 0 Å². The van der Waals surface area contributed by atoms with Gasteiger partial charge in [-0.1, -0.05) is 52.7 Å². The molecule has 0 unspecified atom stereocenters. The zero-order valence-electron chi connectivity index (χ0n) is 19.0. The van der Waals surface area contributed by atoms with E-state index in [-0.39, 0.29) is 18.3 Å². The molecule has 180 valence electrons. The van der Waals surface area contributed by atoms with E-state index in [9.17, 15) is 4.79 Å². The van der Waals surface area contributed by atoms with Crippen molar-refractivity contribution in [2.75, 3.05) is 18.2 Å². The molecule has 0 saturated heterocycles. The van der Waals surface area contributed by atoms with Crippen LogP contribution in [0, 0.1) is 6.92 Å². The average Bonchev–Trinajstić information content (AvgIpc) is 3.24. The lowest BCUT2D eigenvalue weighted by atomic mass is 10.2. The molecule has 0 aliphatic carbocycles. The van der Waals surface area contributed by atoms with Gasteiger partial charge in [0.1, 0.15) is 18.1 Å². The molecule has 0 fully saturated rings. The Balaban J connectivity index is 1.52. The highest BCUT2D eigenvalue weighted by molar-refractivity contribution is 7.99. The third kappa shape index (κ3) is 6.69. The van der Waals surface area contributed by atoms with E-state index in [0.717, 1.165) is 22.7 Å². The van der Waals surface area contributed by atoms with Gasteiger partial charge in [0.05, 0.1) is 12.9 Å². The molecule has 7 nitrogen and oxygen atoms in total. The van der Waals surface area contributed by atoms with Crippen molar-refractivity contribution in [3.05, 3.63) is 88.2 Å². The number of carbonyl (C=O) groups excluding carboxylic acids is 1. The number of aryl methyl sites for hydroxylation is 1. The smallest absolute Gasteiger partial charge is 0.234 e. The molecule has 10 heteroatoms. The average molecular weight is 529 g/mol. The molecule has 0 radical (unpaired) electrons. The Labute approximate surface area is 217 Å². The Bertz CT molecular complexity index is 1290. The molecule has 1 N–H and O–H groups in total. The number of benzene rings is 3. The summed E-state index contributed by atoms with van der Waals surface area (Å²) in [6, 6.07) is 20.2. The van der Waals surface area contributed by atoms with Crippen molar-refractivity contribution in [2.45, 2.75) is 18.7 Å². The van der Waals surface area contributed by atoms with Crippen molar-refractivity contribution in [1.82, 2.24) is 14.8 Å². The molecule has 1 aromatic heterocycles. The zero-order chi connectivity index (χ0) is 24.8. The summed E-state index contributed by atoms with van der Waals surface area (Å²) in [7, 11) is 1.61. The minimum absolute atomic E-state index is 0.108. The van der Waals surface area contributed by atoms with Crippen molar-refractivity contribution < 1.29 is 14.3 Å². The van der Waals surface area contributed by atoms with Crippen molar-refractivity contribution in [3.8, 4) is 17.2 Å². The second-order valence-corrected chi connectivity index (χ2v) is 9.34. The zero-order valence-corrected chi connectivity index (χ0v) is 21.3. The Kier molecular flexibility index (Phi) is 8.17. The van der Waals surface area contributed by atoms with Gasteiger partial charge >= 0.3 is 0 Å². The van der Waals surface area contributed by atoms with Gasteiger partial charge in [-0.3, -0.25) is 9.36 Å². The number of anilines is 1. The van der Waals surface area contributed by atoms with E-state index in [4.69, 9.17) is 32.7 Å². The van der Waals surface area contributed by atoms with Crippen LogP contribution < -0.4 is 14.8 Å². The van der Waals surface area contributed by atoms with Crippen LogP contribution in [-0.2, 0) is 11.4 Å². The monoisotopic (exact) mass is 528 g/mol. The van der Waals surface area contributed by atoms with Crippen LogP contribution in [-0.4, -0.2) is 33.5 Å². The van der Waals surface area contributed by atoms with Crippen molar-refractivity contribution >= 4 is 46.6 Å². The number of hydrogen-bond donors (Lipinski definition) is 1. The van der Waals surface area contributed by atoms with Crippen LogP contribution in [0.15, 0.2) is 71.9 Å². The van der Waals surface area contributed by atoms with Gasteiger partial charge in [-0.25, -0.2) is 0 Å². The van der Waals surface area contributed by atoms with E-state index in [1.807, 2.05) is 60.0 Å². The molecule has 4 aromatic rings. The molecule has 3 aromatic carbocycles. The van der Waals surface area contributed by atoms with Crippen LogP contribution in [0.4, 0.5) is 5.69 Å². The van der Waals surface area contributed by atoms with Gasteiger partial charge in [-0.15, -0.1) is 10.2 Å². The third-order valence-electron chi connectivity index (χ3n) is 4.90. The quantitative estimate of drug-likeness (QED) is 0.260. The number of carbonyl (C=O) groups is 1. The molecule has 0 aliphatic heterocycles. The van der Waals surface area contributed by atoms with Crippen molar-refractivity contribution in [1.29, 1.82) is 0 Å². The lowest BCUT2D eigenvalue weighted by molar-refractivity contribution is -0.113. The first kappa shape index (κ1) is 24.9. The number of nitrogens with one attached hydrogen (secondary N) is 1. The van der Waals surface area contributed by atoms with E-state index in [2.05, 4.69) is 15.5 Å². The number of nitrogens with zero attached hydrogens (tertiary/aromatic N) is 3. The first-order valence-electron chi connectivity index (χ1n) is 10.6. The summed E-state index contributed by atoms with van der Waals surface area (Å²) in [5.74, 6) is 1.94. The number of rotatable bonds is 9. The standard InChI is InChI=1S/C25H22Cl2N4O3S/c1-16-3-7-22(8-4-16)34-14-23-29-30-25(31(23)20-5-9-21(33-2)10-6-20)35-15-24(32)28-19-12-17(26)11-18(27)13-19/h3-13H,14-15H2,1-2H3,(H,28,32). The molecule has 0 bridgehead atoms. The van der Waals surface area contributed by atoms with Crippen LogP contribution in [0.3, 0.4) is 0 Å². The Morgan fingerprint density at radius 2 is 1.63 bits per heavy atom.